The number of rotatable bonds is 3. The summed E-state index contributed by atoms with van der Waals surface area (Å²) in [6, 6.07) is 0.303. The summed E-state index contributed by atoms with van der Waals surface area (Å²) in [6.45, 7) is 0. The largest absolute Gasteiger partial charge is 0.464 e. The quantitative estimate of drug-likeness (QED) is 0.467. The predicted octanol–water partition coefficient (Wildman–Crippen LogP) is 3.82. The van der Waals surface area contributed by atoms with Crippen LogP contribution in [0, 0.1) is 0 Å². The number of nitrogens with zero attached hydrogens (tertiary/aromatic N) is 3. The van der Waals surface area contributed by atoms with Crippen LogP contribution in [-0.2, 0) is 4.74 Å². The Labute approximate surface area is 135 Å². The van der Waals surface area contributed by atoms with E-state index < -0.39 is 0 Å². The van der Waals surface area contributed by atoms with Crippen molar-refractivity contribution in [3.63, 3.8) is 0 Å². The molecule has 112 valence electrons. The summed E-state index contributed by atoms with van der Waals surface area (Å²) in [5.74, 6) is -0.336. The number of esters is 1. The normalized spacial score (nSPS) is 15.8. The summed E-state index contributed by atoms with van der Waals surface area (Å²) in [5.41, 5.74) is 1.36. The molecule has 2 aromatic heterocycles. The molecule has 0 aromatic carbocycles. The molecule has 7 heteroatoms. The molecule has 5 nitrogen and oxygen atoms in total. The third-order valence-electron chi connectivity index (χ3n) is 3.91. The molecule has 0 N–H and O–H groups in total. The Morgan fingerprint density at radius 1 is 1.48 bits per heavy atom. The van der Waals surface area contributed by atoms with Crippen LogP contribution in [0.5, 0.6) is 0 Å². The highest BCUT2D eigenvalue weighted by Gasteiger charge is 2.29. The topological polar surface area (TPSA) is 57.0 Å². The predicted molar refractivity (Wildman–Crippen MR) is 85.9 cm³/mol. The van der Waals surface area contributed by atoms with E-state index in [4.69, 9.17) is 4.74 Å². The molecule has 21 heavy (non-hydrogen) atoms. The first-order chi connectivity index (χ1) is 10.2. The number of fused-ring (bicyclic) bond motifs is 1. The fraction of sp³-hybridized carbons (Fsp3) is 0.500. The van der Waals surface area contributed by atoms with Gasteiger partial charge in [-0.15, -0.1) is 0 Å². The van der Waals surface area contributed by atoms with Gasteiger partial charge in [0.25, 0.3) is 0 Å². The van der Waals surface area contributed by atoms with Gasteiger partial charge in [0, 0.05) is 12.2 Å². The van der Waals surface area contributed by atoms with E-state index >= 15 is 0 Å². The van der Waals surface area contributed by atoms with Crippen LogP contribution in [0.3, 0.4) is 0 Å². The lowest BCUT2D eigenvalue weighted by Gasteiger charge is -2.16. The maximum Gasteiger partial charge on any atom is 0.355 e. The van der Waals surface area contributed by atoms with Gasteiger partial charge < -0.3 is 9.30 Å². The van der Waals surface area contributed by atoms with E-state index in [1.54, 1.807) is 6.20 Å². The van der Waals surface area contributed by atoms with Gasteiger partial charge in [0.05, 0.1) is 17.0 Å². The van der Waals surface area contributed by atoms with Crippen LogP contribution in [0.4, 0.5) is 0 Å². The lowest BCUT2D eigenvalue weighted by molar-refractivity contribution is 0.0585. The van der Waals surface area contributed by atoms with E-state index in [0.717, 1.165) is 28.3 Å². The summed E-state index contributed by atoms with van der Waals surface area (Å²) in [6.07, 6.45) is 8.22. The molecule has 0 aliphatic heterocycles. The van der Waals surface area contributed by atoms with Gasteiger partial charge in [-0.25, -0.2) is 14.8 Å². The zero-order valence-corrected chi connectivity index (χ0v) is 14.3. The second-order valence-electron chi connectivity index (χ2n) is 5.06. The Morgan fingerprint density at radius 2 is 2.19 bits per heavy atom. The number of carbonyl (C=O) groups excluding carboxylic acids is 1. The molecule has 1 aliphatic rings. The number of halogens is 1. The second-order valence-corrected chi connectivity index (χ2v) is 6.62. The molecule has 1 fully saturated rings. The molecule has 2 heterocycles. The summed E-state index contributed by atoms with van der Waals surface area (Å²) < 4.78 is 7.73. The van der Waals surface area contributed by atoms with Crippen molar-refractivity contribution in [1.82, 2.24) is 14.5 Å². The number of hydrogen-bond donors (Lipinski definition) is 0. The van der Waals surface area contributed by atoms with Gasteiger partial charge >= 0.3 is 5.97 Å². The summed E-state index contributed by atoms with van der Waals surface area (Å²) in [7, 11) is 1.41. The van der Waals surface area contributed by atoms with E-state index in [1.807, 2.05) is 10.8 Å². The first-order valence-corrected chi connectivity index (χ1v) is 8.88. The van der Waals surface area contributed by atoms with Crippen LogP contribution < -0.4 is 0 Å². The monoisotopic (exact) mass is 369 g/mol. The van der Waals surface area contributed by atoms with Crippen molar-refractivity contribution in [3.05, 3.63) is 16.4 Å². The molecular formula is C14H16BrN3O2S. The standard InChI is InChI=1S/C14H16BrN3O2S/c1-20-13(19)11-10(15)9-7-16-14(21-2)17-12(9)18(11)8-5-3-4-6-8/h7-8H,3-6H2,1-2H3. The zero-order chi connectivity index (χ0) is 15.0. The fourth-order valence-corrected chi connectivity index (χ4v) is 3.90. The third-order valence-corrected chi connectivity index (χ3v) is 5.28. The lowest BCUT2D eigenvalue weighted by atomic mass is 10.2. The van der Waals surface area contributed by atoms with Crippen LogP contribution in [0.25, 0.3) is 11.0 Å². The van der Waals surface area contributed by atoms with Gasteiger partial charge in [-0.1, -0.05) is 24.6 Å². The molecule has 0 unspecified atom stereocenters. The molecule has 0 amide bonds. The van der Waals surface area contributed by atoms with Crippen molar-refractivity contribution in [1.29, 1.82) is 0 Å². The highest BCUT2D eigenvalue weighted by atomic mass is 79.9. The maximum atomic E-state index is 12.2. The highest BCUT2D eigenvalue weighted by molar-refractivity contribution is 9.10. The van der Waals surface area contributed by atoms with Crippen LogP contribution in [0.1, 0.15) is 42.2 Å². The van der Waals surface area contributed by atoms with Crippen LogP contribution in [-0.4, -0.2) is 33.9 Å². The van der Waals surface area contributed by atoms with Gasteiger partial charge in [-0.3, -0.25) is 0 Å². The van der Waals surface area contributed by atoms with E-state index in [-0.39, 0.29) is 5.97 Å². The molecule has 0 spiro atoms. The van der Waals surface area contributed by atoms with Crippen LogP contribution in [0.2, 0.25) is 0 Å². The van der Waals surface area contributed by atoms with Crippen molar-refractivity contribution in [2.45, 2.75) is 36.9 Å². The molecule has 1 saturated carbocycles. The van der Waals surface area contributed by atoms with Crippen LogP contribution >= 0.6 is 27.7 Å². The van der Waals surface area contributed by atoms with E-state index in [9.17, 15) is 4.79 Å². The first-order valence-electron chi connectivity index (χ1n) is 6.86. The van der Waals surface area contributed by atoms with Crippen molar-refractivity contribution >= 4 is 44.7 Å². The Balaban J connectivity index is 2.29. The van der Waals surface area contributed by atoms with Crippen molar-refractivity contribution in [3.8, 4) is 0 Å². The number of hydrogen-bond acceptors (Lipinski definition) is 5. The van der Waals surface area contributed by atoms with Gasteiger partial charge in [0.1, 0.15) is 11.3 Å². The summed E-state index contributed by atoms with van der Waals surface area (Å²) in [4.78, 5) is 21.1. The van der Waals surface area contributed by atoms with Gasteiger partial charge in [-0.2, -0.15) is 0 Å². The van der Waals surface area contributed by atoms with Crippen molar-refractivity contribution in [2.75, 3.05) is 13.4 Å². The van der Waals surface area contributed by atoms with Gasteiger partial charge in [0.15, 0.2) is 5.16 Å². The smallest absolute Gasteiger partial charge is 0.355 e. The Kier molecular flexibility index (Phi) is 4.21. The number of ether oxygens (including phenoxy) is 1. The summed E-state index contributed by atoms with van der Waals surface area (Å²) in [5, 5.41) is 1.57. The molecule has 3 rings (SSSR count). The molecule has 0 radical (unpaired) electrons. The summed E-state index contributed by atoms with van der Waals surface area (Å²) >= 11 is 5.03. The molecule has 0 saturated heterocycles. The van der Waals surface area contributed by atoms with Crippen LogP contribution in [0.15, 0.2) is 15.8 Å². The first kappa shape index (κ1) is 14.8. The van der Waals surface area contributed by atoms with E-state index in [0.29, 0.717) is 16.9 Å². The number of thioether (sulfide) groups is 1. The van der Waals surface area contributed by atoms with Crippen molar-refractivity contribution in [2.24, 2.45) is 0 Å². The number of aromatic nitrogens is 3. The fourth-order valence-electron chi connectivity index (χ4n) is 2.94. The minimum absolute atomic E-state index is 0.303. The minimum atomic E-state index is -0.336. The van der Waals surface area contributed by atoms with Crippen molar-refractivity contribution < 1.29 is 9.53 Å². The highest BCUT2D eigenvalue weighted by Crippen LogP contribution is 2.39. The zero-order valence-electron chi connectivity index (χ0n) is 11.9. The SMILES string of the molecule is COC(=O)c1c(Br)c2cnc(SC)nc2n1C1CCCC1. The molecule has 2 aromatic rings. The van der Waals surface area contributed by atoms with E-state index in [1.165, 1.54) is 31.7 Å². The molecule has 0 atom stereocenters. The lowest BCUT2D eigenvalue weighted by Crippen LogP contribution is -2.15. The second kappa shape index (κ2) is 5.96. The average molecular weight is 370 g/mol. The third kappa shape index (κ3) is 2.46. The molecule has 1 aliphatic carbocycles. The van der Waals surface area contributed by atoms with Gasteiger partial charge in [-0.05, 0) is 35.0 Å². The number of carbonyl (C=O) groups is 1. The molecule has 0 bridgehead atoms. The van der Waals surface area contributed by atoms with Gasteiger partial charge in [0.2, 0.25) is 0 Å². The number of methoxy groups -OCH3 is 1. The molecular weight excluding hydrogens is 354 g/mol. The Morgan fingerprint density at radius 3 is 2.81 bits per heavy atom. The maximum absolute atomic E-state index is 12.2. The van der Waals surface area contributed by atoms with E-state index in [2.05, 4.69) is 25.9 Å². The Hall–Kier alpha value is -1.08. The average Bonchev–Trinajstić information content (AvgIpc) is 3.12. The Bertz CT molecular complexity index is 695. The minimum Gasteiger partial charge on any atom is -0.464 e.